The van der Waals surface area contributed by atoms with Gasteiger partial charge in [0.1, 0.15) is 11.5 Å². The Balaban J connectivity index is 1.90. The van der Waals surface area contributed by atoms with Crippen LogP contribution in [0.2, 0.25) is 0 Å². The lowest BCUT2D eigenvalue weighted by Gasteiger charge is -2.29. The zero-order chi connectivity index (χ0) is 14.3. The number of hydrogen-bond acceptors (Lipinski definition) is 5. The Kier molecular flexibility index (Phi) is 4.15. The van der Waals surface area contributed by atoms with Gasteiger partial charge in [0.15, 0.2) is 5.82 Å². The molecule has 0 aliphatic carbocycles. The van der Waals surface area contributed by atoms with Crippen LogP contribution in [-0.4, -0.2) is 35.1 Å². The van der Waals surface area contributed by atoms with Crippen LogP contribution in [0.25, 0.3) is 0 Å². The molecule has 0 bridgehead atoms. The maximum absolute atomic E-state index is 4.88. The maximum Gasteiger partial charge on any atom is 0.172 e. The van der Waals surface area contributed by atoms with Crippen LogP contribution in [0.5, 0.6) is 0 Å². The molecule has 1 saturated heterocycles. The van der Waals surface area contributed by atoms with E-state index >= 15 is 0 Å². The average molecular weight is 403 g/mol. The Bertz CT molecular complexity index is 527. The minimum absolute atomic E-state index is 0.301. The van der Waals surface area contributed by atoms with Gasteiger partial charge < -0.3 is 4.90 Å². The van der Waals surface area contributed by atoms with Gasteiger partial charge in [-0.05, 0) is 41.8 Å². The molecule has 3 rings (SSSR count). The highest BCUT2D eigenvalue weighted by atomic mass is 127. The number of rotatable bonds is 2. The molecule has 0 amide bonds. The van der Waals surface area contributed by atoms with Gasteiger partial charge in [0.2, 0.25) is 0 Å². The van der Waals surface area contributed by atoms with E-state index in [2.05, 4.69) is 62.3 Å². The molecule has 1 aromatic rings. The van der Waals surface area contributed by atoms with Crippen molar-refractivity contribution in [2.24, 2.45) is 0 Å². The third kappa shape index (κ3) is 2.42. The summed E-state index contributed by atoms with van der Waals surface area (Å²) in [6.45, 7) is 8.25. The summed E-state index contributed by atoms with van der Waals surface area (Å²) < 4.78 is 2.22. The lowest BCUT2D eigenvalue weighted by Crippen LogP contribution is -2.31. The molecule has 20 heavy (non-hydrogen) atoms. The fourth-order valence-corrected chi connectivity index (χ4v) is 4.88. The molecule has 0 spiro atoms. The topological polar surface area (TPSA) is 35.5 Å². The minimum atomic E-state index is 0.301. The van der Waals surface area contributed by atoms with Gasteiger partial charge in [-0.25, -0.2) is 9.99 Å². The third-order valence-electron chi connectivity index (χ3n) is 4.12. The number of hydrogen-bond donors (Lipinski definition) is 0. The molecule has 0 aromatic carbocycles. The van der Waals surface area contributed by atoms with Crippen molar-refractivity contribution >= 4 is 40.1 Å². The summed E-state index contributed by atoms with van der Waals surface area (Å²) in [6, 6.07) is 0.301. The van der Waals surface area contributed by atoms with E-state index in [4.69, 9.17) is 4.98 Å². The number of halogens is 1. The summed E-state index contributed by atoms with van der Waals surface area (Å²) in [7, 11) is 2.10. The van der Waals surface area contributed by atoms with E-state index in [1.165, 1.54) is 5.57 Å². The molecule has 2 unspecified atom stereocenters. The third-order valence-corrected chi connectivity index (χ3v) is 6.17. The molecule has 7 heteroatoms. The highest BCUT2D eigenvalue weighted by Gasteiger charge is 2.34. The van der Waals surface area contributed by atoms with E-state index in [0.717, 1.165) is 43.3 Å². The number of hydrazine groups is 1. The van der Waals surface area contributed by atoms with Crippen molar-refractivity contribution in [3.8, 4) is 0 Å². The van der Waals surface area contributed by atoms with Gasteiger partial charge in [0.05, 0.1) is 18.6 Å². The summed E-state index contributed by atoms with van der Waals surface area (Å²) in [5.74, 6) is 2.02. The molecule has 108 valence electrons. The van der Waals surface area contributed by atoms with Crippen molar-refractivity contribution < 1.29 is 0 Å². The SMILES string of the molecule is C=C1CCN(c2cnc3c(n2)N(PI)N(C)C3C)CC1. The highest BCUT2D eigenvalue weighted by Crippen LogP contribution is 2.45. The lowest BCUT2D eigenvalue weighted by atomic mass is 10.1. The molecule has 2 aliphatic rings. The van der Waals surface area contributed by atoms with Gasteiger partial charge in [-0.2, -0.15) is 0 Å². The Morgan fingerprint density at radius 3 is 2.75 bits per heavy atom. The largest absolute Gasteiger partial charge is 0.355 e. The summed E-state index contributed by atoms with van der Waals surface area (Å²) in [6.07, 6.45) is 4.69. The molecular weight excluding hydrogens is 384 g/mol. The number of nitrogens with zero attached hydrogens (tertiary/aromatic N) is 5. The lowest BCUT2D eigenvalue weighted by molar-refractivity contribution is 0.306. The first kappa shape index (κ1) is 14.5. The van der Waals surface area contributed by atoms with E-state index in [-0.39, 0.29) is 0 Å². The van der Waals surface area contributed by atoms with Crippen molar-refractivity contribution in [1.29, 1.82) is 0 Å². The van der Waals surface area contributed by atoms with Crippen LogP contribution >= 0.6 is 28.4 Å². The predicted molar refractivity (Wildman–Crippen MR) is 93.6 cm³/mol. The monoisotopic (exact) mass is 403 g/mol. The van der Waals surface area contributed by atoms with Crippen molar-refractivity contribution in [3.63, 3.8) is 0 Å². The summed E-state index contributed by atoms with van der Waals surface area (Å²) >= 11 is 2.40. The highest BCUT2D eigenvalue weighted by molar-refractivity contribution is 14.2. The molecule has 3 heterocycles. The van der Waals surface area contributed by atoms with E-state index in [0.29, 0.717) is 12.4 Å². The Hall–Kier alpha value is -0.460. The van der Waals surface area contributed by atoms with Crippen LogP contribution in [0.1, 0.15) is 31.5 Å². The van der Waals surface area contributed by atoms with Crippen LogP contribution in [-0.2, 0) is 0 Å². The fraction of sp³-hybridized carbons (Fsp3) is 0.538. The normalized spacial score (nSPS) is 23.9. The van der Waals surface area contributed by atoms with Crippen LogP contribution in [0, 0.1) is 0 Å². The van der Waals surface area contributed by atoms with Gasteiger partial charge in [-0.15, -0.1) is 0 Å². The number of piperidine rings is 1. The molecular formula is C13H19IN5P. The molecule has 0 radical (unpaired) electrons. The van der Waals surface area contributed by atoms with E-state index in [1.54, 1.807) is 0 Å². The Labute approximate surface area is 134 Å². The van der Waals surface area contributed by atoms with Gasteiger partial charge in [-0.3, -0.25) is 9.76 Å². The second-order valence-electron chi connectivity index (χ2n) is 5.32. The Morgan fingerprint density at radius 2 is 2.10 bits per heavy atom. The average Bonchev–Trinajstić information content (AvgIpc) is 2.71. The molecule has 0 N–H and O–H groups in total. The second kappa shape index (κ2) is 5.73. The van der Waals surface area contributed by atoms with Crippen LogP contribution in [0.3, 0.4) is 0 Å². The van der Waals surface area contributed by atoms with Crippen molar-refractivity contribution in [3.05, 3.63) is 24.0 Å². The molecule has 2 atom stereocenters. The molecule has 5 nitrogen and oxygen atoms in total. The summed E-state index contributed by atoms with van der Waals surface area (Å²) in [5.41, 5.74) is 2.43. The van der Waals surface area contributed by atoms with E-state index in [9.17, 15) is 0 Å². The number of anilines is 2. The van der Waals surface area contributed by atoms with Crippen molar-refractivity contribution in [2.75, 3.05) is 29.8 Å². The summed E-state index contributed by atoms with van der Waals surface area (Å²) in [4.78, 5) is 11.9. The van der Waals surface area contributed by atoms with Gasteiger partial charge in [-0.1, -0.05) is 12.2 Å². The standard InChI is InChI=1S/C13H19IN5P/c1-9-4-6-18(7-5-9)11-8-15-12-10(2)17(3)19(20-14)13(12)16-11/h8,10,20H,1,4-7H2,2-3H3. The smallest absolute Gasteiger partial charge is 0.172 e. The molecule has 1 aromatic heterocycles. The Morgan fingerprint density at radius 1 is 1.40 bits per heavy atom. The zero-order valence-corrected chi connectivity index (χ0v) is 15.0. The quantitative estimate of drug-likeness (QED) is 0.430. The number of fused-ring (bicyclic) bond motifs is 1. The van der Waals surface area contributed by atoms with Gasteiger partial charge in [0, 0.05) is 20.1 Å². The second-order valence-corrected chi connectivity index (χ2v) is 7.36. The molecule has 0 saturated carbocycles. The predicted octanol–water partition coefficient (Wildman–Crippen LogP) is 3.30. The zero-order valence-electron chi connectivity index (χ0n) is 11.8. The summed E-state index contributed by atoms with van der Waals surface area (Å²) in [5, 5.41) is 2.22. The van der Waals surface area contributed by atoms with Crippen molar-refractivity contribution in [2.45, 2.75) is 25.8 Å². The van der Waals surface area contributed by atoms with Crippen LogP contribution in [0.4, 0.5) is 11.6 Å². The van der Waals surface area contributed by atoms with Crippen LogP contribution < -0.4 is 9.68 Å². The first-order chi connectivity index (χ1) is 9.61. The minimum Gasteiger partial charge on any atom is -0.355 e. The number of aromatic nitrogens is 2. The maximum atomic E-state index is 4.88. The van der Waals surface area contributed by atoms with E-state index in [1.807, 2.05) is 6.20 Å². The van der Waals surface area contributed by atoms with E-state index < -0.39 is 0 Å². The molecule has 1 fully saturated rings. The first-order valence-corrected chi connectivity index (χ1v) is 10.9. The van der Waals surface area contributed by atoms with Crippen LogP contribution in [0.15, 0.2) is 18.3 Å². The van der Waals surface area contributed by atoms with Crippen molar-refractivity contribution in [1.82, 2.24) is 15.0 Å². The van der Waals surface area contributed by atoms with Gasteiger partial charge in [0.25, 0.3) is 0 Å². The van der Waals surface area contributed by atoms with Gasteiger partial charge >= 0.3 is 0 Å². The molecule has 2 aliphatic heterocycles. The first-order valence-electron chi connectivity index (χ1n) is 6.79. The fourth-order valence-electron chi connectivity index (χ4n) is 2.63.